The summed E-state index contributed by atoms with van der Waals surface area (Å²) in [6, 6.07) is 12.3. The van der Waals surface area contributed by atoms with E-state index in [4.69, 9.17) is 22.2 Å². The van der Waals surface area contributed by atoms with Crippen LogP contribution in [0.1, 0.15) is 30.0 Å². The Balaban J connectivity index is 1.93. The number of nitrogens with zero attached hydrogens (tertiary/aromatic N) is 1. The molecule has 0 spiro atoms. The van der Waals surface area contributed by atoms with Gasteiger partial charge in [-0.2, -0.15) is 0 Å². The second-order valence-corrected chi connectivity index (χ2v) is 6.70. The molecule has 3 rings (SSSR count). The highest BCUT2D eigenvalue weighted by atomic mass is 35.5. The number of rotatable bonds is 4. The van der Waals surface area contributed by atoms with Crippen molar-refractivity contribution in [3.05, 3.63) is 64.4 Å². The summed E-state index contributed by atoms with van der Waals surface area (Å²) in [7, 11) is 1.65. The van der Waals surface area contributed by atoms with Crippen LogP contribution in [0.15, 0.2) is 42.5 Å². The Hall–Kier alpha value is -1.62. The Morgan fingerprint density at radius 2 is 2.08 bits per heavy atom. The van der Waals surface area contributed by atoms with Gasteiger partial charge >= 0.3 is 0 Å². The van der Waals surface area contributed by atoms with Crippen LogP contribution in [-0.4, -0.2) is 18.7 Å². The molecule has 1 saturated heterocycles. The van der Waals surface area contributed by atoms with Gasteiger partial charge in [0.05, 0.1) is 13.2 Å². The van der Waals surface area contributed by atoms with Crippen LogP contribution >= 0.6 is 11.6 Å². The average molecular weight is 349 g/mol. The monoisotopic (exact) mass is 348 g/mol. The molecule has 1 heterocycles. The first-order valence-electron chi connectivity index (χ1n) is 8.18. The van der Waals surface area contributed by atoms with Gasteiger partial charge < -0.3 is 4.74 Å². The molecule has 0 radical (unpaired) electrons. The predicted molar refractivity (Wildman–Crippen MR) is 94.5 cm³/mol. The summed E-state index contributed by atoms with van der Waals surface area (Å²) in [5.74, 6) is 7.04. The number of hydrogen-bond donors (Lipinski definition) is 1. The van der Waals surface area contributed by atoms with E-state index >= 15 is 0 Å². The summed E-state index contributed by atoms with van der Waals surface area (Å²) in [5.41, 5.74) is 1.69. The Morgan fingerprint density at radius 1 is 1.29 bits per heavy atom. The quantitative estimate of drug-likeness (QED) is 0.834. The number of ether oxygens (including phenoxy) is 1. The number of methoxy groups -OCH3 is 1. The number of nitrogens with two attached hydrogens (primary N) is 1. The van der Waals surface area contributed by atoms with Crippen molar-refractivity contribution in [2.24, 2.45) is 11.8 Å². The molecular weight excluding hydrogens is 327 g/mol. The van der Waals surface area contributed by atoms with Crippen molar-refractivity contribution in [2.45, 2.75) is 25.3 Å². The highest BCUT2D eigenvalue weighted by molar-refractivity contribution is 6.30. The summed E-state index contributed by atoms with van der Waals surface area (Å²) in [4.78, 5) is 0. The van der Waals surface area contributed by atoms with Crippen LogP contribution in [0.3, 0.4) is 0 Å². The maximum atomic E-state index is 14.3. The van der Waals surface area contributed by atoms with E-state index in [1.165, 1.54) is 6.07 Å². The topological polar surface area (TPSA) is 38.5 Å². The minimum atomic E-state index is -0.206. The van der Waals surface area contributed by atoms with Gasteiger partial charge in [-0.3, -0.25) is 5.84 Å². The molecule has 1 fully saturated rings. The third-order valence-electron chi connectivity index (χ3n) is 4.74. The molecule has 0 saturated carbocycles. The Kier molecular flexibility index (Phi) is 5.39. The lowest BCUT2D eigenvalue weighted by Gasteiger charge is -2.39. The molecule has 0 amide bonds. The fourth-order valence-corrected chi connectivity index (χ4v) is 3.85. The van der Waals surface area contributed by atoms with Crippen molar-refractivity contribution >= 4 is 11.6 Å². The lowest BCUT2D eigenvalue weighted by molar-refractivity contribution is 0.0895. The summed E-state index contributed by atoms with van der Waals surface area (Å²) in [6.45, 7) is 0.766. The standard InChI is InChI=1S/C19H22ClFN2O/c1-24-18-9-8-15(20)12-14(18)11-13-5-4-10-23(22)19(13)16-6-2-3-7-17(16)21/h2-3,6-9,12-13,19H,4-5,10-11,22H2,1H3/t13-,19-/m1/s1. The molecule has 24 heavy (non-hydrogen) atoms. The van der Waals surface area contributed by atoms with Crippen LogP contribution in [0.25, 0.3) is 0 Å². The maximum Gasteiger partial charge on any atom is 0.128 e. The molecule has 3 nitrogen and oxygen atoms in total. The second-order valence-electron chi connectivity index (χ2n) is 6.27. The van der Waals surface area contributed by atoms with E-state index in [0.717, 1.165) is 37.1 Å². The van der Waals surface area contributed by atoms with Crippen LogP contribution in [0, 0.1) is 11.7 Å². The fourth-order valence-electron chi connectivity index (χ4n) is 3.65. The van der Waals surface area contributed by atoms with Crippen molar-refractivity contribution in [1.82, 2.24) is 5.01 Å². The largest absolute Gasteiger partial charge is 0.496 e. The lowest BCUT2D eigenvalue weighted by Crippen LogP contribution is -2.44. The van der Waals surface area contributed by atoms with Crippen molar-refractivity contribution in [3.8, 4) is 5.75 Å². The first-order chi connectivity index (χ1) is 11.6. The molecule has 2 aromatic carbocycles. The molecule has 2 N–H and O–H groups in total. The SMILES string of the molecule is COc1ccc(Cl)cc1C[C@H]1CCCN(N)[C@H]1c1ccccc1F. The van der Waals surface area contributed by atoms with Crippen LogP contribution in [0.4, 0.5) is 4.39 Å². The van der Waals surface area contributed by atoms with E-state index in [9.17, 15) is 4.39 Å². The van der Waals surface area contributed by atoms with Gasteiger partial charge in [-0.15, -0.1) is 0 Å². The highest BCUT2D eigenvalue weighted by Crippen LogP contribution is 2.39. The van der Waals surface area contributed by atoms with Crippen molar-refractivity contribution in [3.63, 3.8) is 0 Å². The van der Waals surface area contributed by atoms with Gasteiger partial charge in [0.1, 0.15) is 11.6 Å². The van der Waals surface area contributed by atoms with Gasteiger partial charge in [0, 0.05) is 17.1 Å². The Labute approximate surface area is 147 Å². The number of benzene rings is 2. The normalized spacial score (nSPS) is 21.7. The maximum absolute atomic E-state index is 14.3. The van der Waals surface area contributed by atoms with E-state index in [1.54, 1.807) is 18.2 Å². The third kappa shape index (κ3) is 3.56. The minimum absolute atomic E-state index is 0.149. The molecule has 0 bridgehead atoms. The molecule has 2 aromatic rings. The van der Waals surface area contributed by atoms with Gasteiger partial charge in [-0.05, 0) is 55.0 Å². The lowest BCUT2D eigenvalue weighted by atomic mass is 9.81. The van der Waals surface area contributed by atoms with Gasteiger partial charge in [-0.1, -0.05) is 29.8 Å². The van der Waals surface area contributed by atoms with E-state index in [1.807, 2.05) is 30.3 Å². The van der Waals surface area contributed by atoms with Crippen LogP contribution in [-0.2, 0) is 6.42 Å². The third-order valence-corrected chi connectivity index (χ3v) is 4.98. The molecule has 1 aliphatic heterocycles. The fraction of sp³-hybridized carbons (Fsp3) is 0.368. The minimum Gasteiger partial charge on any atom is -0.496 e. The number of piperidine rings is 1. The molecule has 0 unspecified atom stereocenters. The molecule has 1 aliphatic rings. The first kappa shape index (κ1) is 17.2. The smallest absolute Gasteiger partial charge is 0.128 e. The average Bonchev–Trinajstić information content (AvgIpc) is 2.56. The molecule has 0 aliphatic carbocycles. The number of hydrazine groups is 1. The highest BCUT2D eigenvalue weighted by Gasteiger charge is 2.33. The molecular formula is C19H22ClFN2O. The van der Waals surface area contributed by atoms with E-state index < -0.39 is 0 Å². The van der Waals surface area contributed by atoms with Gasteiger partial charge in [0.15, 0.2) is 0 Å². The van der Waals surface area contributed by atoms with Gasteiger partial charge in [0.25, 0.3) is 0 Å². The predicted octanol–water partition coefficient (Wildman–Crippen LogP) is 4.36. The number of hydrogen-bond acceptors (Lipinski definition) is 3. The summed E-state index contributed by atoms with van der Waals surface area (Å²) in [6.07, 6.45) is 2.73. The Morgan fingerprint density at radius 3 is 2.83 bits per heavy atom. The zero-order chi connectivity index (χ0) is 17.1. The second kappa shape index (κ2) is 7.51. The van der Waals surface area contributed by atoms with E-state index in [2.05, 4.69) is 0 Å². The zero-order valence-electron chi connectivity index (χ0n) is 13.7. The van der Waals surface area contributed by atoms with Gasteiger partial charge in [0.2, 0.25) is 0 Å². The first-order valence-corrected chi connectivity index (χ1v) is 8.56. The van der Waals surface area contributed by atoms with Crippen LogP contribution in [0.2, 0.25) is 5.02 Å². The summed E-state index contributed by atoms with van der Waals surface area (Å²) >= 11 is 6.15. The molecule has 0 aromatic heterocycles. The van der Waals surface area contributed by atoms with Crippen LogP contribution < -0.4 is 10.6 Å². The zero-order valence-corrected chi connectivity index (χ0v) is 14.5. The summed E-state index contributed by atoms with van der Waals surface area (Å²) in [5, 5.41) is 2.44. The molecule has 2 atom stereocenters. The van der Waals surface area contributed by atoms with E-state index in [0.29, 0.717) is 10.6 Å². The number of halogens is 2. The molecule has 128 valence electrons. The summed E-state index contributed by atoms with van der Waals surface area (Å²) < 4.78 is 19.8. The molecule has 5 heteroatoms. The van der Waals surface area contributed by atoms with E-state index in [-0.39, 0.29) is 17.8 Å². The van der Waals surface area contributed by atoms with Crippen molar-refractivity contribution in [2.75, 3.05) is 13.7 Å². The van der Waals surface area contributed by atoms with Crippen LogP contribution in [0.5, 0.6) is 5.75 Å². The van der Waals surface area contributed by atoms with Crippen molar-refractivity contribution < 1.29 is 9.13 Å². The Bertz CT molecular complexity index is 710. The van der Waals surface area contributed by atoms with Crippen molar-refractivity contribution in [1.29, 1.82) is 0 Å². The van der Waals surface area contributed by atoms with Gasteiger partial charge in [-0.25, -0.2) is 9.40 Å².